The van der Waals surface area contributed by atoms with E-state index in [1.54, 1.807) is 0 Å². The minimum absolute atomic E-state index is 0.00467. The molecule has 0 bridgehead atoms. The van der Waals surface area contributed by atoms with Crippen LogP contribution in [0.25, 0.3) is 0 Å². The van der Waals surface area contributed by atoms with Crippen molar-refractivity contribution in [3.63, 3.8) is 0 Å². The Kier molecular flexibility index (Phi) is 33.8. The number of carbonyl (C=O) groups is 2. The number of methoxy groups -OCH3 is 1. The average Bonchev–Trinajstić information content (AvgIpc) is 2.98. The number of hydrogen-bond donors (Lipinski definition) is 0. The predicted molar refractivity (Wildman–Crippen MR) is 176 cm³/mol. The van der Waals surface area contributed by atoms with Gasteiger partial charge in [-0.25, -0.2) is 0 Å². The van der Waals surface area contributed by atoms with Gasteiger partial charge in [-0.15, -0.1) is 0 Å². The summed E-state index contributed by atoms with van der Waals surface area (Å²) in [5.41, 5.74) is 0. The van der Waals surface area contributed by atoms with Gasteiger partial charge in [-0.05, 0) is 44.9 Å². The van der Waals surface area contributed by atoms with Gasteiger partial charge in [-0.1, -0.05) is 154 Å². The minimum atomic E-state index is -0.0886. The first-order valence-electron chi connectivity index (χ1n) is 18.1. The molecule has 0 amide bonds. The van der Waals surface area contributed by atoms with E-state index < -0.39 is 0 Å². The van der Waals surface area contributed by atoms with Crippen molar-refractivity contribution in [1.29, 1.82) is 0 Å². The van der Waals surface area contributed by atoms with E-state index in [0.29, 0.717) is 19.4 Å². The molecule has 0 aliphatic carbocycles. The maximum absolute atomic E-state index is 11.9. The number of allylic oxidation sites excluding steroid dienone is 2. The molecule has 0 atom stereocenters. The molecule has 0 rings (SSSR count). The van der Waals surface area contributed by atoms with Gasteiger partial charge in [0.15, 0.2) is 0 Å². The molecule has 0 fully saturated rings. The van der Waals surface area contributed by atoms with Crippen LogP contribution in [0.1, 0.15) is 200 Å². The van der Waals surface area contributed by atoms with E-state index in [1.807, 2.05) is 0 Å². The number of hydrogen-bond acceptors (Lipinski definition) is 4. The first kappa shape index (κ1) is 39.7. The molecule has 0 spiro atoms. The molecule has 4 nitrogen and oxygen atoms in total. The molecule has 0 saturated heterocycles. The fourth-order valence-corrected chi connectivity index (χ4v) is 5.37. The van der Waals surface area contributed by atoms with E-state index in [0.717, 1.165) is 25.7 Å². The first-order chi connectivity index (χ1) is 20.2. The molecule has 242 valence electrons. The van der Waals surface area contributed by atoms with Crippen LogP contribution < -0.4 is 0 Å². The highest BCUT2D eigenvalue weighted by atomic mass is 16.5. The van der Waals surface area contributed by atoms with Crippen LogP contribution in [-0.2, 0) is 19.1 Å². The summed E-state index contributed by atoms with van der Waals surface area (Å²) in [5, 5.41) is 0. The Morgan fingerprint density at radius 1 is 0.439 bits per heavy atom. The summed E-state index contributed by atoms with van der Waals surface area (Å²) in [6.07, 6.45) is 41.5. The lowest BCUT2D eigenvalue weighted by atomic mass is 10.0. The highest BCUT2D eigenvalue weighted by molar-refractivity contribution is 5.69. The van der Waals surface area contributed by atoms with E-state index in [9.17, 15) is 9.59 Å². The Morgan fingerprint density at radius 3 is 1.20 bits per heavy atom. The highest BCUT2D eigenvalue weighted by Gasteiger charge is 2.03. The fraction of sp³-hybridized carbons (Fsp3) is 0.892. The highest BCUT2D eigenvalue weighted by Crippen LogP contribution is 2.14. The van der Waals surface area contributed by atoms with Gasteiger partial charge < -0.3 is 9.47 Å². The smallest absolute Gasteiger partial charge is 0.305 e. The Labute approximate surface area is 256 Å². The summed E-state index contributed by atoms with van der Waals surface area (Å²) >= 11 is 0. The normalized spacial score (nSPS) is 11.4. The van der Waals surface area contributed by atoms with Crippen molar-refractivity contribution >= 4 is 11.9 Å². The van der Waals surface area contributed by atoms with Gasteiger partial charge in [-0.2, -0.15) is 0 Å². The maximum Gasteiger partial charge on any atom is 0.305 e. The van der Waals surface area contributed by atoms with Crippen LogP contribution in [0.15, 0.2) is 12.2 Å². The second-order valence-electron chi connectivity index (χ2n) is 12.2. The van der Waals surface area contributed by atoms with Gasteiger partial charge >= 0.3 is 11.9 Å². The van der Waals surface area contributed by atoms with Crippen LogP contribution in [0.4, 0.5) is 0 Å². The standard InChI is InChI=1S/C37H70O4/c1-3-4-5-6-7-8-9-10-12-16-19-22-25-28-31-34-37(39)41-35-32-29-26-23-20-17-14-11-13-15-18-21-24-27-30-33-36(38)40-2/h11,13H,3-10,12,14-35H2,1-2H3/b13-11+. The molecule has 0 heterocycles. The van der Waals surface area contributed by atoms with Crippen molar-refractivity contribution in [3.05, 3.63) is 12.2 Å². The predicted octanol–water partition coefficient (Wildman–Crippen LogP) is 12.0. The second kappa shape index (κ2) is 34.9. The van der Waals surface area contributed by atoms with Gasteiger partial charge in [-0.3, -0.25) is 9.59 Å². The SMILES string of the molecule is CCCCCCCCCCCCCCCCCC(=O)OCCCCCCCC/C=C/CCCCCCCC(=O)OC. The summed E-state index contributed by atoms with van der Waals surface area (Å²) < 4.78 is 10.1. The van der Waals surface area contributed by atoms with Crippen molar-refractivity contribution in [2.45, 2.75) is 200 Å². The van der Waals surface area contributed by atoms with Crippen LogP contribution in [0.3, 0.4) is 0 Å². The molecule has 0 radical (unpaired) electrons. The van der Waals surface area contributed by atoms with Crippen molar-refractivity contribution in [3.8, 4) is 0 Å². The average molecular weight is 579 g/mol. The van der Waals surface area contributed by atoms with Crippen molar-refractivity contribution < 1.29 is 19.1 Å². The van der Waals surface area contributed by atoms with Gasteiger partial charge in [0.05, 0.1) is 13.7 Å². The molecule has 0 aromatic rings. The summed E-state index contributed by atoms with van der Waals surface area (Å²) in [5.74, 6) is -0.0839. The monoisotopic (exact) mass is 579 g/mol. The summed E-state index contributed by atoms with van der Waals surface area (Å²) in [6, 6.07) is 0. The number of unbranched alkanes of at least 4 members (excludes halogenated alkanes) is 25. The fourth-order valence-electron chi connectivity index (χ4n) is 5.37. The van der Waals surface area contributed by atoms with E-state index in [4.69, 9.17) is 4.74 Å². The van der Waals surface area contributed by atoms with Gasteiger partial charge in [0.2, 0.25) is 0 Å². The molecule has 0 N–H and O–H groups in total. The Bertz CT molecular complexity index is 571. The summed E-state index contributed by atoms with van der Waals surface area (Å²) in [4.78, 5) is 23.0. The lowest BCUT2D eigenvalue weighted by molar-refractivity contribution is -0.144. The first-order valence-corrected chi connectivity index (χ1v) is 18.1. The zero-order valence-electron chi connectivity index (χ0n) is 27.7. The third-order valence-corrected chi connectivity index (χ3v) is 8.16. The molecule has 0 saturated carbocycles. The molecular weight excluding hydrogens is 508 g/mol. The van der Waals surface area contributed by atoms with Crippen molar-refractivity contribution in [2.24, 2.45) is 0 Å². The summed E-state index contributed by atoms with van der Waals surface area (Å²) in [7, 11) is 1.46. The zero-order chi connectivity index (χ0) is 29.9. The van der Waals surface area contributed by atoms with Crippen LogP contribution in [-0.4, -0.2) is 25.7 Å². The van der Waals surface area contributed by atoms with Crippen LogP contribution >= 0.6 is 0 Å². The zero-order valence-corrected chi connectivity index (χ0v) is 27.7. The molecular formula is C37H70O4. The van der Waals surface area contributed by atoms with E-state index >= 15 is 0 Å². The van der Waals surface area contributed by atoms with Crippen LogP contribution in [0.2, 0.25) is 0 Å². The Morgan fingerprint density at radius 2 is 0.780 bits per heavy atom. The number of ether oxygens (including phenoxy) is 2. The number of carbonyl (C=O) groups excluding carboxylic acids is 2. The van der Waals surface area contributed by atoms with Gasteiger partial charge in [0, 0.05) is 12.8 Å². The lowest BCUT2D eigenvalue weighted by Crippen LogP contribution is -2.05. The second-order valence-corrected chi connectivity index (χ2v) is 12.2. The van der Waals surface area contributed by atoms with E-state index in [2.05, 4.69) is 23.8 Å². The van der Waals surface area contributed by atoms with Crippen LogP contribution in [0, 0.1) is 0 Å². The number of esters is 2. The van der Waals surface area contributed by atoms with Crippen LogP contribution in [0.5, 0.6) is 0 Å². The van der Waals surface area contributed by atoms with Crippen molar-refractivity contribution in [2.75, 3.05) is 13.7 Å². The van der Waals surface area contributed by atoms with E-state index in [1.165, 1.54) is 161 Å². The maximum atomic E-state index is 11.9. The quantitative estimate of drug-likeness (QED) is 0.0441. The summed E-state index contributed by atoms with van der Waals surface area (Å²) in [6.45, 7) is 2.89. The third-order valence-electron chi connectivity index (χ3n) is 8.16. The van der Waals surface area contributed by atoms with E-state index in [-0.39, 0.29) is 11.9 Å². The molecule has 4 heteroatoms. The number of rotatable bonds is 33. The molecule has 0 aliphatic rings. The molecule has 0 aromatic heterocycles. The Hall–Kier alpha value is -1.32. The largest absolute Gasteiger partial charge is 0.469 e. The molecule has 0 unspecified atom stereocenters. The molecule has 0 aromatic carbocycles. The topological polar surface area (TPSA) is 52.6 Å². The lowest BCUT2D eigenvalue weighted by Gasteiger charge is -2.05. The van der Waals surface area contributed by atoms with Gasteiger partial charge in [0.1, 0.15) is 0 Å². The van der Waals surface area contributed by atoms with Crippen molar-refractivity contribution in [1.82, 2.24) is 0 Å². The Balaban J connectivity index is 3.21. The minimum Gasteiger partial charge on any atom is -0.469 e. The molecule has 0 aliphatic heterocycles. The molecule has 41 heavy (non-hydrogen) atoms. The third kappa shape index (κ3) is 34.8. The van der Waals surface area contributed by atoms with Gasteiger partial charge in [0.25, 0.3) is 0 Å².